The summed E-state index contributed by atoms with van der Waals surface area (Å²) >= 11 is 5.70. The molecule has 0 aromatic heterocycles. The minimum Gasteiger partial charge on any atom is -0.481 e. The van der Waals surface area contributed by atoms with E-state index in [4.69, 9.17) is 16.3 Å². The fourth-order valence-corrected chi connectivity index (χ4v) is 2.08. The Morgan fingerprint density at radius 3 is 2.55 bits per heavy atom. The third-order valence-corrected chi connectivity index (χ3v) is 3.44. The molecular formula is C17H17ClFNO2. The lowest BCUT2D eigenvalue weighted by Crippen LogP contribution is -2.32. The fraction of sp³-hybridized carbons (Fsp3) is 0.235. The second kappa shape index (κ2) is 7.27. The Hall–Kier alpha value is -2.07. The van der Waals surface area contributed by atoms with Crippen LogP contribution in [0.3, 0.4) is 0 Å². The highest BCUT2D eigenvalue weighted by Gasteiger charge is 2.18. The molecule has 0 fully saturated rings. The first-order chi connectivity index (χ1) is 10.5. The summed E-state index contributed by atoms with van der Waals surface area (Å²) in [4.78, 5) is 12.2. The molecule has 0 aliphatic rings. The van der Waals surface area contributed by atoms with Crippen LogP contribution >= 0.6 is 11.6 Å². The summed E-state index contributed by atoms with van der Waals surface area (Å²) in [5, 5.41) is 2.64. The summed E-state index contributed by atoms with van der Waals surface area (Å²) < 4.78 is 18.8. The van der Waals surface area contributed by atoms with Gasteiger partial charge in [0.25, 0.3) is 5.91 Å². The molecule has 0 saturated carbocycles. The summed E-state index contributed by atoms with van der Waals surface area (Å²) in [6.07, 6.45) is -0.124. The van der Waals surface area contributed by atoms with Crippen LogP contribution in [0.2, 0.25) is 5.02 Å². The van der Waals surface area contributed by atoms with Crippen molar-refractivity contribution >= 4 is 23.2 Å². The van der Waals surface area contributed by atoms with Gasteiger partial charge in [0.1, 0.15) is 11.6 Å². The van der Waals surface area contributed by atoms with Crippen LogP contribution in [0.5, 0.6) is 5.75 Å². The van der Waals surface area contributed by atoms with Crippen molar-refractivity contribution in [3.05, 3.63) is 58.9 Å². The molecule has 0 unspecified atom stereocenters. The monoisotopic (exact) mass is 321 g/mol. The summed E-state index contributed by atoms with van der Waals surface area (Å²) in [5.74, 6) is -0.196. The number of aryl methyl sites for hydroxylation is 1. The first kappa shape index (κ1) is 16.3. The number of hydrogen-bond donors (Lipinski definition) is 1. The van der Waals surface area contributed by atoms with Crippen LogP contribution in [0.25, 0.3) is 0 Å². The van der Waals surface area contributed by atoms with Gasteiger partial charge in [0.2, 0.25) is 0 Å². The SMILES string of the molecule is CC[C@@H](Oc1ccc(C)cc1)C(=O)Nc1ccc(F)c(Cl)c1. The molecule has 0 aliphatic heterocycles. The van der Waals surface area contributed by atoms with Gasteiger partial charge in [-0.2, -0.15) is 0 Å². The maximum Gasteiger partial charge on any atom is 0.265 e. The number of benzene rings is 2. The van der Waals surface area contributed by atoms with Crippen molar-refractivity contribution in [1.82, 2.24) is 0 Å². The van der Waals surface area contributed by atoms with Crippen LogP contribution in [0, 0.1) is 12.7 Å². The molecule has 1 N–H and O–H groups in total. The second-order valence-corrected chi connectivity index (χ2v) is 5.35. The highest BCUT2D eigenvalue weighted by atomic mass is 35.5. The van der Waals surface area contributed by atoms with Gasteiger partial charge in [-0.1, -0.05) is 36.2 Å². The molecule has 5 heteroatoms. The van der Waals surface area contributed by atoms with Crippen LogP contribution in [-0.4, -0.2) is 12.0 Å². The smallest absolute Gasteiger partial charge is 0.265 e. The molecule has 2 rings (SSSR count). The Morgan fingerprint density at radius 1 is 1.27 bits per heavy atom. The van der Waals surface area contributed by atoms with Crippen molar-refractivity contribution in [1.29, 1.82) is 0 Å². The Labute approximate surface area is 134 Å². The highest BCUT2D eigenvalue weighted by molar-refractivity contribution is 6.31. The van der Waals surface area contributed by atoms with Gasteiger partial charge in [-0.25, -0.2) is 4.39 Å². The zero-order chi connectivity index (χ0) is 16.1. The normalized spacial score (nSPS) is 11.8. The zero-order valence-electron chi connectivity index (χ0n) is 12.4. The highest BCUT2D eigenvalue weighted by Crippen LogP contribution is 2.20. The molecule has 0 radical (unpaired) electrons. The average Bonchev–Trinajstić information content (AvgIpc) is 2.50. The van der Waals surface area contributed by atoms with E-state index >= 15 is 0 Å². The van der Waals surface area contributed by atoms with E-state index in [1.54, 1.807) is 0 Å². The van der Waals surface area contributed by atoms with Crippen molar-refractivity contribution in [3.63, 3.8) is 0 Å². The molecule has 0 heterocycles. The molecule has 0 spiro atoms. The maximum absolute atomic E-state index is 13.1. The minimum atomic E-state index is -0.633. The molecule has 0 aliphatic carbocycles. The summed E-state index contributed by atoms with van der Waals surface area (Å²) in [6, 6.07) is 11.5. The molecule has 0 bridgehead atoms. The quantitative estimate of drug-likeness (QED) is 0.875. The minimum absolute atomic E-state index is 0.0368. The average molecular weight is 322 g/mol. The van der Waals surface area contributed by atoms with Gasteiger partial charge in [0.15, 0.2) is 6.10 Å². The number of carbonyl (C=O) groups excluding carboxylic acids is 1. The second-order valence-electron chi connectivity index (χ2n) is 4.95. The summed E-state index contributed by atoms with van der Waals surface area (Å²) in [5.41, 5.74) is 1.55. The number of anilines is 1. The molecule has 3 nitrogen and oxygen atoms in total. The van der Waals surface area contributed by atoms with Crippen LogP contribution in [0.1, 0.15) is 18.9 Å². The van der Waals surface area contributed by atoms with E-state index in [2.05, 4.69) is 5.32 Å². The third-order valence-electron chi connectivity index (χ3n) is 3.15. The Balaban J connectivity index is 2.04. The van der Waals surface area contributed by atoms with E-state index < -0.39 is 11.9 Å². The number of rotatable bonds is 5. The molecule has 1 atom stereocenters. The van der Waals surface area contributed by atoms with Gasteiger partial charge in [-0.15, -0.1) is 0 Å². The molecule has 1 amide bonds. The number of carbonyl (C=O) groups is 1. The first-order valence-electron chi connectivity index (χ1n) is 6.99. The number of halogens is 2. The van der Waals surface area contributed by atoms with Gasteiger partial charge in [-0.3, -0.25) is 4.79 Å². The zero-order valence-corrected chi connectivity index (χ0v) is 13.2. The fourth-order valence-electron chi connectivity index (χ4n) is 1.90. The molecule has 116 valence electrons. The van der Waals surface area contributed by atoms with Crippen molar-refractivity contribution in [2.75, 3.05) is 5.32 Å². The van der Waals surface area contributed by atoms with Crippen LogP contribution in [0.4, 0.5) is 10.1 Å². The van der Waals surface area contributed by atoms with Crippen LogP contribution in [0.15, 0.2) is 42.5 Å². The largest absolute Gasteiger partial charge is 0.481 e. The Bertz CT molecular complexity index is 658. The molecule has 2 aromatic rings. The molecule has 0 saturated heterocycles. The van der Waals surface area contributed by atoms with Crippen LogP contribution < -0.4 is 10.1 Å². The van der Waals surface area contributed by atoms with Crippen molar-refractivity contribution in [2.45, 2.75) is 26.4 Å². The number of hydrogen-bond acceptors (Lipinski definition) is 2. The van der Waals surface area contributed by atoms with Crippen molar-refractivity contribution in [2.24, 2.45) is 0 Å². The summed E-state index contributed by atoms with van der Waals surface area (Å²) in [6.45, 7) is 3.84. The Morgan fingerprint density at radius 2 is 1.95 bits per heavy atom. The van der Waals surface area contributed by atoms with Gasteiger partial charge in [0.05, 0.1) is 5.02 Å². The predicted molar refractivity (Wildman–Crippen MR) is 85.9 cm³/mol. The van der Waals surface area contributed by atoms with Crippen molar-refractivity contribution in [3.8, 4) is 5.75 Å². The number of nitrogens with one attached hydrogen (secondary N) is 1. The predicted octanol–water partition coefficient (Wildman–Crippen LogP) is 4.58. The molecular weight excluding hydrogens is 305 g/mol. The van der Waals surface area contributed by atoms with E-state index in [1.807, 2.05) is 38.1 Å². The topological polar surface area (TPSA) is 38.3 Å². The van der Waals surface area contributed by atoms with Gasteiger partial charge in [0, 0.05) is 5.69 Å². The van der Waals surface area contributed by atoms with E-state index in [9.17, 15) is 9.18 Å². The summed E-state index contributed by atoms with van der Waals surface area (Å²) in [7, 11) is 0. The van der Waals surface area contributed by atoms with E-state index in [0.717, 1.165) is 5.56 Å². The van der Waals surface area contributed by atoms with E-state index in [1.165, 1.54) is 18.2 Å². The lowest BCUT2D eigenvalue weighted by atomic mass is 10.2. The number of amides is 1. The van der Waals surface area contributed by atoms with E-state index in [0.29, 0.717) is 17.9 Å². The van der Waals surface area contributed by atoms with Gasteiger partial charge in [-0.05, 0) is 43.7 Å². The van der Waals surface area contributed by atoms with E-state index in [-0.39, 0.29) is 10.9 Å². The van der Waals surface area contributed by atoms with Crippen molar-refractivity contribution < 1.29 is 13.9 Å². The van der Waals surface area contributed by atoms with Crippen LogP contribution in [-0.2, 0) is 4.79 Å². The first-order valence-corrected chi connectivity index (χ1v) is 7.36. The number of ether oxygens (including phenoxy) is 1. The third kappa shape index (κ3) is 4.21. The van der Waals surface area contributed by atoms with Gasteiger partial charge >= 0.3 is 0 Å². The standard InChI is InChI=1S/C17H17ClFNO2/c1-3-16(22-13-7-4-11(2)5-8-13)17(21)20-12-6-9-15(19)14(18)10-12/h4-10,16H,3H2,1-2H3,(H,20,21)/t16-/m1/s1. The Kier molecular flexibility index (Phi) is 5.39. The van der Waals surface area contributed by atoms with Gasteiger partial charge < -0.3 is 10.1 Å². The maximum atomic E-state index is 13.1. The molecule has 22 heavy (non-hydrogen) atoms. The molecule has 2 aromatic carbocycles. The lowest BCUT2D eigenvalue weighted by molar-refractivity contribution is -0.122. The lowest BCUT2D eigenvalue weighted by Gasteiger charge is -2.17.